The molecule has 2 unspecified atom stereocenters. The molecule has 2 atom stereocenters. The number of hydrogen-bond acceptors (Lipinski definition) is 6. The number of benzene rings is 2. The summed E-state index contributed by atoms with van der Waals surface area (Å²) in [6, 6.07) is 11.7. The lowest BCUT2D eigenvalue weighted by Gasteiger charge is -2.31. The van der Waals surface area contributed by atoms with Gasteiger partial charge in [0.05, 0.1) is 22.9 Å². The van der Waals surface area contributed by atoms with Gasteiger partial charge in [0.2, 0.25) is 5.91 Å². The van der Waals surface area contributed by atoms with E-state index >= 15 is 0 Å². The zero-order valence-corrected chi connectivity index (χ0v) is 21.6. The fourth-order valence-corrected chi connectivity index (χ4v) is 5.35. The second-order valence-corrected chi connectivity index (χ2v) is 9.75. The minimum absolute atomic E-state index is 0.0376. The maximum absolute atomic E-state index is 13.7. The summed E-state index contributed by atoms with van der Waals surface area (Å²) in [6.45, 7) is 1.93. The van der Waals surface area contributed by atoms with Crippen molar-refractivity contribution >= 4 is 35.2 Å². The Hall–Kier alpha value is -4.31. The van der Waals surface area contributed by atoms with Gasteiger partial charge in [-0.3, -0.25) is 9.48 Å². The number of aromatic carboxylic acids is 1. The average molecular weight is 532 g/mol. The van der Waals surface area contributed by atoms with Crippen LogP contribution in [0.1, 0.15) is 51.6 Å². The molecule has 2 aromatic heterocycles. The Morgan fingerprint density at radius 1 is 1.21 bits per heavy atom. The third-order valence-electron chi connectivity index (χ3n) is 6.93. The summed E-state index contributed by atoms with van der Waals surface area (Å²) in [7, 11) is 1.91. The molecule has 0 bridgehead atoms. The number of carbonyl (C=O) groups is 2. The molecule has 0 spiro atoms. The van der Waals surface area contributed by atoms with Crippen molar-refractivity contribution in [2.45, 2.75) is 32.1 Å². The molecule has 1 aliphatic carbocycles. The van der Waals surface area contributed by atoms with Crippen molar-refractivity contribution in [2.24, 2.45) is 13.0 Å². The Morgan fingerprint density at radius 2 is 2.00 bits per heavy atom. The van der Waals surface area contributed by atoms with Crippen molar-refractivity contribution in [3.8, 4) is 5.69 Å². The van der Waals surface area contributed by atoms with Crippen LogP contribution in [0.2, 0.25) is 5.02 Å². The largest absolute Gasteiger partial charge is 0.478 e. The minimum atomic E-state index is -1.01. The van der Waals surface area contributed by atoms with Gasteiger partial charge < -0.3 is 10.4 Å². The van der Waals surface area contributed by atoms with Gasteiger partial charge >= 0.3 is 5.97 Å². The molecule has 2 heterocycles. The fourth-order valence-electron chi connectivity index (χ4n) is 5.17. The first kappa shape index (κ1) is 25.3. The summed E-state index contributed by atoms with van der Waals surface area (Å²) < 4.78 is 3.44. The first-order valence-electron chi connectivity index (χ1n) is 12.2. The third kappa shape index (κ3) is 5.08. The van der Waals surface area contributed by atoms with Crippen molar-refractivity contribution in [2.75, 3.05) is 5.32 Å². The second kappa shape index (κ2) is 10.6. The number of nitrogens with one attached hydrogen (secondary N) is 1. The SMILES string of the molecule is Cc1nn(C)c2c1C(C(=O)Nc1ccc(C(=O)O)cc1)C(C/C=C/c1cc(Cl)ccc1-n1cnnn1)CC2. The van der Waals surface area contributed by atoms with Crippen molar-refractivity contribution in [1.29, 1.82) is 0 Å². The number of hydrogen-bond donors (Lipinski definition) is 2. The van der Waals surface area contributed by atoms with Gasteiger partial charge in [-0.25, -0.2) is 4.79 Å². The molecule has 4 aromatic rings. The van der Waals surface area contributed by atoms with Crippen LogP contribution in [0.15, 0.2) is 54.9 Å². The lowest BCUT2D eigenvalue weighted by atomic mass is 9.74. The summed E-state index contributed by atoms with van der Waals surface area (Å²) >= 11 is 6.26. The number of carboxylic acids is 1. The van der Waals surface area contributed by atoms with E-state index in [0.717, 1.165) is 41.0 Å². The van der Waals surface area contributed by atoms with E-state index in [9.17, 15) is 9.59 Å². The number of tetrazole rings is 1. The molecular weight excluding hydrogens is 506 g/mol. The van der Waals surface area contributed by atoms with Crippen molar-refractivity contribution < 1.29 is 14.7 Å². The zero-order chi connectivity index (χ0) is 26.8. The molecule has 1 aliphatic rings. The molecule has 38 heavy (non-hydrogen) atoms. The summed E-state index contributed by atoms with van der Waals surface area (Å²) in [5, 5.41) is 28.8. The average Bonchev–Trinajstić information content (AvgIpc) is 3.52. The van der Waals surface area contributed by atoms with E-state index in [-0.39, 0.29) is 17.4 Å². The lowest BCUT2D eigenvalue weighted by molar-refractivity contribution is -0.119. The van der Waals surface area contributed by atoms with Crippen LogP contribution >= 0.6 is 11.6 Å². The molecule has 0 saturated carbocycles. The molecular formula is C27H26ClN7O3. The highest BCUT2D eigenvalue weighted by Crippen LogP contribution is 2.41. The molecule has 0 fully saturated rings. The number of aryl methyl sites for hydroxylation is 2. The second-order valence-electron chi connectivity index (χ2n) is 9.31. The molecule has 0 aliphatic heterocycles. The lowest BCUT2D eigenvalue weighted by Crippen LogP contribution is -2.32. The number of aromatic nitrogens is 6. The number of allylic oxidation sites excluding steroid dienone is 1. The highest BCUT2D eigenvalue weighted by atomic mass is 35.5. The normalized spacial score (nSPS) is 16.9. The fraction of sp³-hybridized carbons (Fsp3) is 0.259. The van der Waals surface area contributed by atoms with Crippen molar-refractivity contribution in [1.82, 2.24) is 30.0 Å². The number of nitrogens with zero attached hydrogens (tertiary/aromatic N) is 6. The van der Waals surface area contributed by atoms with Crippen LogP contribution in [0.5, 0.6) is 0 Å². The summed E-state index contributed by atoms with van der Waals surface area (Å²) in [5.74, 6) is -1.52. The van der Waals surface area contributed by atoms with Gasteiger partial charge in [0.25, 0.3) is 0 Å². The number of carboxylic acid groups (broad SMARTS) is 1. The van der Waals surface area contributed by atoms with Gasteiger partial charge in [-0.1, -0.05) is 23.8 Å². The molecule has 0 radical (unpaired) electrons. The Balaban J connectivity index is 1.41. The molecule has 11 heteroatoms. The van der Waals surface area contributed by atoms with E-state index in [1.807, 2.05) is 36.9 Å². The van der Waals surface area contributed by atoms with Gasteiger partial charge in [0.1, 0.15) is 6.33 Å². The zero-order valence-electron chi connectivity index (χ0n) is 20.9. The molecule has 5 rings (SSSR count). The highest BCUT2D eigenvalue weighted by Gasteiger charge is 2.38. The summed E-state index contributed by atoms with van der Waals surface area (Å²) in [4.78, 5) is 24.9. The quantitative estimate of drug-likeness (QED) is 0.360. The van der Waals surface area contributed by atoms with E-state index in [0.29, 0.717) is 17.1 Å². The van der Waals surface area contributed by atoms with Crippen LogP contribution in [0.4, 0.5) is 5.69 Å². The monoisotopic (exact) mass is 531 g/mol. The maximum Gasteiger partial charge on any atom is 0.335 e. The molecule has 2 aromatic carbocycles. The van der Waals surface area contributed by atoms with Gasteiger partial charge in [-0.2, -0.15) is 9.78 Å². The van der Waals surface area contributed by atoms with E-state index in [2.05, 4.69) is 32.0 Å². The maximum atomic E-state index is 13.7. The first-order chi connectivity index (χ1) is 18.3. The highest BCUT2D eigenvalue weighted by molar-refractivity contribution is 6.30. The minimum Gasteiger partial charge on any atom is -0.478 e. The van der Waals surface area contributed by atoms with Crippen molar-refractivity contribution in [3.63, 3.8) is 0 Å². The summed E-state index contributed by atoms with van der Waals surface area (Å²) in [5.41, 5.74) is 5.24. The van der Waals surface area contributed by atoms with Gasteiger partial charge in [-0.05, 0) is 85.0 Å². The van der Waals surface area contributed by atoms with E-state index in [4.69, 9.17) is 16.7 Å². The first-order valence-corrected chi connectivity index (χ1v) is 12.6. The Labute approximate surface area is 223 Å². The van der Waals surface area contributed by atoms with E-state index in [1.165, 1.54) is 18.5 Å². The van der Waals surface area contributed by atoms with Crippen LogP contribution in [0, 0.1) is 12.8 Å². The van der Waals surface area contributed by atoms with Gasteiger partial charge in [0, 0.05) is 34.6 Å². The number of halogens is 1. The van der Waals surface area contributed by atoms with Crippen LogP contribution in [-0.4, -0.2) is 47.0 Å². The predicted molar refractivity (Wildman–Crippen MR) is 142 cm³/mol. The van der Waals surface area contributed by atoms with Gasteiger partial charge in [0.15, 0.2) is 0 Å². The Kier molecular flexibility index (Phi) is 7.06. The van der Waals surface area contributed by atoms with E-state index in [1.54, 1.807) is 22.9 Å². The summed E-state index contributed by atoms with van der Waals surface area (Å²) in [6.07, 6.45) is 7.87. The number of anilines is 1. The molecule has 10 nitrogen and oxygen atoms in total. The van der Waals surface area contributed by atoms with Crippen LogP contribution < -0.4 is 5.32 Å². The van der Waals surface area contributed by atoms with Crippen LogP contribution in [-0.2, 0) is 18.3 Å². The molecule has 194 valence electrons. The van der Waals surface area contributed by atoms with Crippen LogP contribution in [0.3, 0.4) is 0 Å². The Morgan fingerprint density at radius 3 is 2.71 bits per heavy atom. The number of amides is 1. The number of fused-ring (bicyclic) bond motifs is 1. The standard InChI is InChI=1S/C27H26ClN7O3/c1-16-24-23(34(2)31-16)12-8-17(25(24)26(36)30-21-10-6-18(7-11-21)27(37)38)4-3-5-19-14-20(28)9-13-22(19)35-15-29-32-33-35/h3,5-7,9-11,13-15,17,25H,4,8,12H2,1-2H3,(H,30,36)(H,37,38)/b5-3+. The predicted octanol–water partition coefficient (Wildman–Crippen LogP) is 4.44. The molecule has 0 saturated heterocycles. The Bertz CT molecular complexity index is 1510. The van der Waals surface area contributed by atoms with Gasteiger partial charge in [-0.15, -0.1) is 5.10 Å². The third-order valence-corrected chi connectivity index (χ3v) is 7.16. The number of rotatable bonds is 7. The molecule has 2 N–H and O–H groups in total. The van der Waals surface area contributed by atoms with Crippen molar-refractivity contribution in [3.05, 3.63) is 88.0 Å². The van der Waals surface area contributed by atoms with E-state index < -0.39 is 11.9 Å². The number of carbonyl (C=O) groups excluding carboxylic acids is 1. The topological polar surface area (TPSA) is 128 Å². The molecule has 1 amide bonds. The smallest absolute Gasteiger partial charge is 0.335 e. The van der Waals surface area contributed by atoms with Crippen LogP contribution in [0.25, 0.3) is 11.8 Å².